The lowest BCUT2D eigenvalue weighted by Gasteiger charge is -2.39. The van der Waals surface area contributed by atoms with Gasteiger partial charge in [-0.1, -0.05) is 6.92 Å². The Bertz CT molecular complexity index is 429. The van der Waals surface area contributed by atoms with Gasteiger partial charge in [0.1, 0.15) is 0 Å². The summed E-state index contributed by atoms with van der Waals surface area (Å²) in [5, 5.41) is 0. The first-order valence-electron chi connectivity index (χ1n) is 7.76. The summed E-state index contributed by atoms with van der Waals surface area (Å²) in [6.45, 7) is 4.84. The zero-order valence-corrected chi connectivity index (χ0v) is 13.4. The highest BCUT2D eigenvalue weighted by Gasteiger charge is 2.40. The van der Waals surface area contributed by atoms with Crippen LogP contribution in [0.15, 0.2) is 12.1 Å². The number of rotatable bonds is 4. The number of nitrogens with zero attached hydrogens (tertiary/aromatic N) is 1. The van der Waals surface area contributed by atoms with Crippen LogP contribution in [0.2, 0.25) is 0 Å². The van der Waals surface area contributed by atoms with Gasteiger partial charge in [-0.25, -0.2) is 0 Å². The lowest BCUT2D eigenvalue weighted by atomic mass is 9.89. The van der Waals surface area contributed by atoms with Gasteiger partial charge in [0.25, 0.3) is 0 Å². The Labute approximate surface area is 125 Å². The van der Waals surface area contributed by atoms with Crippen molar-refractivity contribution in [2.75, 3.05) is 20.3 Å². The van der Waals surface area contributed by atoms with Crippen LogP contribution in [0.5, 0.6) is 0 Å². The van der Waals surface area contributed by atoms with Crippen molar-refractivity contribution >= 4 is 11.3 Å². The summed E-state index contributed by atoms with van der Waals surface area (Å²) in [6, 6.07) is 5.22. The minimum atomic E-state index is -0.227. The van der Waals surface area contributed by atoms with Gasteiger partial charge >= 0.3 is 0 Å². The molecular formula is C16H25NO2S. The molecule has 4 heteroatoms. The number of hydrogen-bond donors (Lipinski definition) is 0. The third-order valence-corrected chi connectivity index (χ3v) is 5.84. The maximum Gasteiger partial charge on any atom is 0.168 e. The predicted octanol–water partition coefficient (Wildman–Crippen LogP) is 3.43. The molecule has 112 valence electrons. The molecule has 2 heterocycles. The summed E-state index contributed by atoms with van der Waals surface area (Å²) >= 11 is 1.95. The molecule has 3 rings (SSSR count). The molecule has 1 saturated carbocycles. The van der Waals surface area contributed by atoms with Gasteiger partial charge in [-0.2, -0.15) is 0 Å². The summed E-state index contributed by atoms with van der Waals surface area (Å²) in [4.78, 5) is 5.48. The van der Waals surface area contributed by atoms with Crippen LogP contribution in [0.1, 0.15) is 42.4 Å². The highest BCUT2D eigenvalue weighted by molar-refractivity contribution is 7.11. The summed E-state index contributed by atoms with van der Waals surface area (Å²) in [6.07, 6.45) is 5.61. The maximum atomic E-state index is 5.81. The second-order valence-corrected chi connectivity index (χ2v) is 7.23. The first-order valence-corrected chi connectivity index (χ1v) is 8.58. The van der Waals surface area contributed by atoms with Gasteiger partial charge in [0.05, 0.1) is 13.2 Å². The standard InChI is InChI=1S/C16H25NO2S/c1-3-14-4-5-15(20-14)12-17(2)13-6-8-16(9-7-13)18-10-11-19-16/h4-5,13H,3,6-12H2,1-2H3. The van der Waals surface area contributed by atoms with E-state index >= 15 is 0 Å². The quantitative estimate of drug-likeness (QED) is 0.849. The first kappa shape index (κ1) is 14.5. The topological polar surface area (TPSA) is 21.7 Å². The normalized spacial score (nSPS) is 22.9. The van der Waals surface area contributed by atoms with Crippen molar-refractivity contribution in [3.05, 3.63) is 21.9 Å². The molecule has 0 aromatic carbocycles. The molecule has 0 N–H and O–H groups in total. The van der Waals surface area contributed by atoms with Crippen LogP contribution >= 0.6 is 11.3 Å². The molecule has 1 spiro atoms. The minimum Gasteiger partial charge on any atom is -0.348 e. The summed E-state index contributed by atoms with van der Waals surface area (Å²) in [5.74, 6) is -0.227. The van der Waals surface area contributed by atoms with Gasteiger partial charge < -0.3 is 9.47 Å². The van der Waals surface area contributed by atoms with Crippen molar-refractivity contribution in [1.29, 1.82) is 0 Å². The monoisotopic (exact) mass is 295 g/mol. The van der Waals surface area contributed by atoms with Crippen LogP contribution in [0.3, 0.4) is 0 Å². The SMILES string of the molecule is CCc1ccc(CN(C)C2CCC3(CC2)OCCO3)s1. The van der Waals surface area contributed by atoms with Crippen molar-refractivity contribution < 1.29 is 9.47 Å². The van der Waals surface area contributed by atoms with E-state index in [1.807, 2.05) is 11.3 Å². The Morgan fingerprint density at radius 3 is 2.45 bits per heavy atom. The Hall–Kier alpha value is -0.420. The van der Waals surface area contributed by atoms with E-state index in [0.717, 1.165) is 39.0 Å². The number of hydrogen-bond acceptors (Lipinski definition) is 4. The fourth-order valence-corrected chi connectivity index (χ4v) is 4.36. The van der Waals surface area contributed by atoms with Crippen molar-refractivity contribution in [3.63, 3.8) is 0 Å². The lowest BCUT2D eigenvalue weighted by molar-refractivity contribution is -0.183. The van der Waals surface area contributed by atoms with Gasteiger partial charge in [-0.05, 0) is 38.4 Å². The third-order valence-electron chi connectivity index (χ3n) is 4.62. The molecule has 2 fully saturated rings. The van der Waals surface area contributed by atoms with E-state index < -0.39 is 0 Å². The molecule has 1 aliphatic heterocycles. The molecule has 0 amide bonds. The van der Waals surface area contributed by atoms with Crippen molar-refractivity contribution in [2.24, 2.45) is 0 Å². The molecule has 2 aliphatic rings. The first-order chi connectivity index (χ1) is 9.71. The summed E-state index contributed by atoms with van der Waals surface area (Å²) < 4.78 is 11.6. The molecule has 0 unspecified atom stereocenters. The molecule has 1 aromatic rings. The van der Waals surface area contributed by atoms with Gasteiger partial charge in [0.2, 0.25) is 0 Å². The Kier molecular flexibility index (Phi) is 4.46. The lowest BCUT2D eigenvalue weighted by Crippen LogP contribution is -2.42. The average Bonchev–Trinajstić information content (AvgIpc) is 3.09. The molecule has 20 heavy (non-hydrogen) atoms. The Morgan fingerprint density at radius 1 is 1.20 bits per heavy atom. The molecule has 3 nitrogen and oxygen atoms in total. The van der Waals surface area contributed by atoms with E-state index in [2.05, 4.69) is 31.0 Å². The van der Waals surface area contributed by atoms with Crippen LogP contribution < -0.4 is 0 Å². The van der Waals surface area contributed by atoms with E-state index in [4.69, 9.17) is 9.47 Å². The van der Waals surface area contributed by atoms with Crippen LogP contribution in [-0.4, -0.2) is 37.0 Å². The van der Waals surface area contributed by atoms with E-state index in [1.54, 1.807) is 0 Å². The summed E-state index contributed by atoms with van der Waals surface area (Å²) in [7, 11) is 2.25. The zero-order valence-electron chi connectivity index (χ0n) is 12.6. The number of ether oxygens (including phenoxy) is 2. The van der Waals surface area contributed by atoms with Crippen LogP contribution in [0.25, 0.3) is 0 Å². The molecule has 0 radical (unpaired) electrons. The molecule has 0 atom stereocenters. The van der Waals surface area contributed by atoms with Gasteiger partial charge in [-0.3, -0.25) is 4.90 Å². The average molecular weight is 295 g/mol. The largest absolute Gasteiger partial charge is 0.348 e. The van der Waals surface area contributed by atoms with E-state index in [0.29, 0.717) is 6.04 Å². The third kappa shape index (κ3) is 3.08. The molecule has 0 bridgehead atoms. The fraction of sp³-hybridized carbons (Fsp3) is 0.750. The Balaban J connectivity index is 1.52. The molecule has 1 saturated heterocycles. The molecular weight excluding hydrogens is 270 g/mol. The van der Waals surface area contributed by atoms with Crippen LogP contribution in [-0.2, 0) is 22.4 Å². The second-order valence-electron chi connectivity index (χ2n) is 5.98. The van der Waals surface area contributed by atoms with Crippen LogP contribution in [0.4, 0.5) is 0 Å². The minimum absolute atomic E-state index is 0.227. The highest BCUT2D eigenvalue weighted by atomic mass is 32.1. The van der Waals surface area contributed by atoms with Gasteiger partial charge in [0.15, 0.2) is 5.79 Å². The van der Waals surface area contributed by atoms with Crippen molar-refractivity contribution in [1.82, 2.24) is 4.90 Å². The number of aryl methyl sites for hydroxylation is 1. The zero-order chi connectivity index (χ0) is 14.0. The van der Waals surface area contributed by atoms with E-state index in [1.165, 1.54) is 22.6 Å². The smallest absolute Gasteiger partial charge is 0.168 e. The van der Waals surface area contributed by atoms with Crippen molar-refractivity contribution in [3.8, 4) is 0 Å². The van der Waals surface area contributed by atoms with Gasteiger partial charge in [0, 0.05) is 35.2 Å². The fourth-order valence-electron chi connectivity index (χ4n) is 3.34. The van der Waals surface area contributed by atoms with E-state index in [9.17, 15) is 0 Å². The summed E-state index contributed by atoms with van der Waals surface area (Å²) in [5.41, 5.74) is 0. The van der Waals surface area contributed by atoms with Crippen molar-refractivity contribution in [2.45, 2.75) is 57.4 Å². The van der Waals surface area contributed by atoms with Gasteiger partial charge in [-0.15, -0.1) is 11.3 Å². The predicted molar refractivity (Wildman–Crippen MR) is 82.1 cm³/mol. The highest BCUT2D eigenvalue weighted by Crippen LogP contribution is 2.37. The number of thiophene rings is 1. The molecule has 1 aliphatic carbocycles. The van der Waals surface area contributed by atoms with Crippen LogP contribution in [0, 0.1) is 0 Å². The second kappa shape index (κ2) is 6.14. The Morgan fingerprint density at radius 2 is 1.85 bits per heavy atom. The molecule has 1 aromatic heterocycles. The van der Waals surface area contributed by atoms with E-state index in [-0.39, 0.29) is 5.79 Å². The maximum absolute atomic E-state index is 5.81.